The van der Waals surface area contributed by atoms with Crippen LogP contribution < -0.4 is 5.32 Å². The van der Waals surface area contributed by atoms with Crippen molar-refractivity contribution in [2.24, 2.45) is 0 Å². The summed E-state index contributed by atoms with van der Waals surface area (Å²) in [6.07, 6.45) is -1.67. The Morgan fingerprint density at radius 3 is 2.24 bits per heavy atom. The molecule has 0 saturated heterocycles. The monoisotopic (exact) mass is 349 g/mol. The summed E-state index contributed by atoms with van der Waals surface area (Å²) >= 11 is 0. The first-order valence-electron chi connectivity index (χ1n) is 8.44. The van der Waals surface area contributed by atoms with Gasteiger partial charge in [-0.05, 0) is 42.2 Å². The van der Waals surface area contributed by atoms with Crippen LogP contribution in [0.1, 0.15) is 49.0 Å². The third-order valence-corrected chi connectivity index (χ3v) is 4.16. The number of alkyl halides is 3. The zero-order chi connectivity index (χ0) is 18.4. The maximum absolute atomic E-state index is 12.7. The van der Waals surface area contributed by atoms with Gasteiger partial charge in [0.2, 0.25) is 0 Å². The quantitative estimate of drug-likeness (QED) is 0.714. The first kappa shape index (κ1) is 19.0. The van der Waals surface area contributed by atoms with E-state index in [0.29, 0.717) is 16.7 Å². The molecule has 0 heterocycles. The summed E-state index contributed by atoms with van der Waals surface area (Å²) in [5.74, 6) is -0.198. The van der Waals surface area contributed by atoms with E-state index in [2.05, 4.69) is 12.2 Å². The van der Waals surface area contributed by atoms with E-state index in [-0.39, 0.29) is 11.9 Å². The van der Waals surface area contributed by atoms with Crippen LogP contribution in [0.2, 0.25) is 0 Å². The summed E-state index contributed by atoms with van der Waals surface area (Å²) in [6, 6.07) is 11.9. The molecule has 134 valence electrons. The lowest BCUT2D eigenvalue weighted by Crippen LogP contribution is -2.34. The molecule has 0 aliphatic heterocycles. The van der Waals surface area contributed by atoms with Crippen molar-refractivity contribution in [3.8, 4) is 11.1 Å². The molecular weight excluding hydrogens is 327 g/mol. The number of hydrogen-bond donors (Lipinski definition) is 1. The van der Waals surface area contributed by atoms with Crippen LogP contribution in [0.15, 0.2) is 48.5 Å². The minimum Gasteiger partial charge on any atom is -0.349 e. The Balaban J connectivity index is 2.30. The average Bonchev–Trinajstić information content (AvgIpc) is 2.60. The van der Waals surface area contributed by atoms with E-state index in [1.54, 1.807) is 24.3 Å². The van der Waals surface area contributed by atoms with E-state index in [0.717, 1.165) is 31.4 Å². The highest BCUT2D eigenvalue weighted by molar-refractivity contribution is 6.01. The standard InChI is InChI=1S/C20H22F3NO/c1-3-7-16(4-2)24-19(25)18-9-6-5-8-17(18)14-10-12-15(13-11-14)20(21,22)23/h5-6,8-13,16H,3-4,7H2,1-2H3,(H,24,25). The van der Waals surface area contributed by atoms with Crippen molar-refractivity contribution in [1.82, 2.24) is 5.32 Å². The predicted octanol–water partition coefficient (Wildman–Crippen LogP) is 5.68. The van der Waals surface area contributed by atoms with E-state index >= 15 is 0 Å². The van der Waals surface area contributed by atoms with Gasteiger partial charge in [-0.3, -0.25) is 4.79 Å². The molecule has 0 fully saturated rings. The first-order chi connectivity index (χ1) is 11.9. The number of amides is 1. The summed E-state index contributed by atoms with van der Waals surface area (Å²) in [5.41, 5.74) is 0.978. The van der Waals surface area contributed by atoms with E-state index in [4.69, 9.17) is 0 Å². The number of rotatable bonds is 6. The number of carbonyl (C=O) groups is 1. The Bertz CT molecular complexity index is 708. The predicted molar refractivity (Wildman–Crippen MR) is 93.3 cm³/mol. The smallest absolute Gasteiger partial charge is 0.349 e. The molecule has 1 amide bonds. The van der Waals surface area contributed by atoms with Gasteiger partial charge in [0.25, 0.3) is 5.91 Å². The molecule has 0 aliphatic rings. The fourth-order valence-electron chi connectivity index (χ4n) is 2.76. The van der Waals surface area contributed by atoms with Gasteiger partial charge in [0, 0.05) is 11.6 Å². The van der Waals surface area contributed by atoms with Gasteiger partial charge in [0.05, 0.1) is 5.56 Å². The van der Waals surface area contributed by atoms with Crippen molar-refractivity contribution < 1.29 is 18.0 Å². The second-order valence-electron chi connectivity index (χ2n) is 5.99. The van der Waals surface area contributed by atoms with Crippen LogP contribution in [-0.4, -0.2) is 11.9 Å². The topological polar surface area (TPSA) is 29.1 Å². The van der Waals surface area contributed by atoms with E-state index in [1.807, 2.05) is 6.92 Å². The second-order valence-corrected chi connectivity index (χ2v) is 5.99. The fraction of sp³-hybridized carbons (Fsp3) is 0.350. The largest absolute Gasteiger partial charge is 0.416 e. The van der Waals surface area contributed by atoms with Gasteiger partial charge in [-0.15, -0.1) is 0 Å². The highest BCUT2D eigenvalue weighted by Gasteiger charge is 2.30. The van der Waals surface area contributed by atoms with Crippen LogP contribution in [0.4, 0.5) is 13.2 Å². The van der Waals surface area contributed by atoms with Crippen LogP contribution in [-0.2, 0) is 6.18 Å². The molecule has 2 aromatic carbocycles. The van der Waals surface area contributed by atoms with Gasteiger partial charge in [-0.1, -0.05) is 50.6 Å². The van der Waals surface area contributed by atoms with E-state index in [9.17, 15) is 18.0 Å². The molecule has 0 radical (unpaired) electrons. The van der Waals surface area contributed by atoms with Crippen LogP contribution in [0, 0.1) is 0 Å². The number of hydrogen-bond acceptors (Lipinski definition) is 1. The van der Waals surface area contributed by atoms with Crippen LogP contribution >= 0.6 is 0 Å². The number of benzene rings is 2. The lowest BCUT2D eigenvalue weighted by atomic mass is 9.97. The van der Waals surface area contributed by atoms with Crippen molar-refractivity contribution in [1.29, 1.82) is 0 Å². The number of carbonyl (C=O) groups excluding carboxylic acids is 1. The van der Waals surface area contributed by atoms with Crippen molar-refractivity contribution in [2.75, 3.05) is 0 Å². The van der Waals surface area contributed by atoms with Gasteiger partial charge < -0.3 is 5.32 Å². The van der Waals surface area contributed by atoms with Crippen LogP contribution in [0.25, 0.3) is 11.1 Å². The third-order valence-electron chi connectivity index (χ3n) is 4.16. The van der Waals surface area contributed by atoms with Gasteiger partial charge in [-0.2, -0.15) is 13.2 Å². The fourth-order valence-corrected chi connectivity index (χ4v) is 2.76. The van der Waals surface area contributed by atoms with Crippen molar-refractivity contribution in [3.63, 3.8) is 0 Å². The Labute approximate surface area is 146 Å². The van der Waals surface area contributed by atoms with Crippen molar-refractivity contribution in [3.05, 3.63) is 59.7 Å². The summed E-state index contributed by atoms with van der Waals surface area (Å²) in [4.78, 5) is 12.6. The molecule has 2 aromatic rings. The molecular formula is C20H22F3NO. The summed E-state index contributed by atoms with van der Waals surface area (Å²) in [5, 5.41) is 3.01. The average molecular weight is 349 g/mol. The lowest BCUT2D eigenvalue weighted by molar-refractivity contribution is -0.137. The molecule has 1 unspecified atom stereocenters. The first-order valence-corrected chi connectivity index (χ1v) is 8.44. The molecule has 0 bridgehead atoms. The van der Waals surface area contributed by atoms with Crippen LogP contribution in [0.5, 0.6) is 0 Å². The molecule has 2 rings (SSSR count). The molecule has 1 N–H and O–H groups in total. The van der Waals surface area contributed by atoms with Crippen LogP contribution in [0.3, 0.4) is 0 Å². The molecule has 5 heteroatoms. The lowest BCUT2D eigenvalue weighted by Gasteiger charge is -2.18. The Morgan fingerprint density at radius 2 is 1.68 bits per heavy atom. The Morgan fingerprint density at radius 1 is 1.04 bits per heavy atom. The Kier molecular flexibility index (Phi) is 6.23. The maximum Gasteiger partial charge on any atom is 0.416 e. The van der Waals surface area contributed by atoms with Crippen molar-refractivity contribution in [2.45, 2.75) is 45.3 Å². The second kappa shape index (κ2) is 8.19. The summed E-state index contributed by atoms with van der Waals surface area (Å²) in [7, 11) is 0. The zero-order valence-corrected chi connectivity index (χ0v) is 14.4. The summed E-state index contributed by atoms with van der Waals surface area (Å²) < 4.78 is 38.2. The van der Waals surface area contributed by atoms with E-state index in [1.165, 1.54) is 12.1 Å². The zero-order valence-electron chi connectivity index (χ0n) is 14.4. The number of halogens is 3. The summed E-state index contributed by atoms with van der Waals surface area (Å²) in [6.45, 7) is 4.08. The van der Waals surface area contributed by atoms with Gasteiger partial charge in [0.1, 0.15) is 0 Å². The molecule has 0 aliphatic carbocycles. The maximum atomic E-state index is 12.7. The minimum absolute atomic E-state index is 0.0955. The van der Waals surface area contributed by atoms with E-state index < -0.39 is 11.7 Å². The van der Waals surface area contributed by atoms with Gasteiger partial charge in [-0.25, -0.2) is 0 Å². The molecule has 1 atom stereocenters. The van der Waals surface area contributed by atoms with Gasteiger partial charge in [0.15, 0.2) is 0 Å². The third kappa shape index (κ3) is 4.84. The SMILES string of the molecule is CCCC(CC)NC(=O)c1ccccc1-c1ccc(C(F)(F)F)cc1. The molecule has 0 spiro atoms. The highest BCUT2D eigenvalue weighted by atomic mass is 19.4. The normalized spacial score (nSPS) is 12.7. The molecule has 0 aromatic heterocycles. The Hall–Kier alpha value is -2.30. The molecule has 0 saturated carbocycles. The highest BCUT2D eigenvalue weighted by Crippen LogP contribution is 2.31. The van der Waals surface area contributed by atoms with Gasteiger partial charge >= 0.3 is 6.18 Å². The molecule has 25 heavy (non-hydrogen) atoms. The molecule has 2 nitrogen and oxygen atoms in total. The minimum atomic E-state index is -4.37. The van der Waals surface area contributed by atoms with Crippen molar-refractivity contribution >= 4 is 5.91 Å². The number of nitrogens with one attached hydrogen (secondary N) is 1.